The van der Waals surface area contributed by atoms with Crippen LogP contribution in [-0.4, -0.2) is 0 Å². The van der Waals surface area contributed by atoms with Gasteiger partial charge in [0.05, 0.1) is 0 Å². The zero-order chi connectivity index (χ0) is 18.7. The molecule has 4 aliphatic carbocycles. The van der Waals surface area contributed by atoms with Crippen LogP contribution in [0, 0.1) is 40.4 Å². The van der Waals surface area contributed by atoms with E-state index in [1.54, 1.807) is 16.7 Å². The predicted molar refractivity (Wildman–Crippen MR) is 113 cm³/mol. The normalized spacial score (nSPS) is 48.3. The molecular formula is C26H40. The van der Waals surface area contributed by atoms with E-state index in [1.807, 2.05) is 0 Å². The second-order valence-electron chi connectivity index (χ2n) is 10.7. The second-order valence-corrected chi connectivity index (χ2v) is 10.7. The summed E-state index contributed by atoms with van der Waals surface area (Å²) in [6, 6.07) is 0. The number of hydrogen-bond acceptors (Lipinski definition) is 0. The van der Waals surface area contributed by atoms with Gasteiger partial charge in [0.15, 0.2) is 0 Å². The third-order valence-corrected chi connectivity index (χ3v) is 9.71. The maximum Gasteiger partial charge on any atom is 0.00127 e. The third-order valence-electron chi connectivity index (χ3n) is 9.71. The zero-order valence-corrected chi connectivity index (χ0v) is 17.9. The van der Waals surface area contributed by atoms with E-state index in [0.717, 1.165) is 23.7 Å². The Morgan fingerprint density at radius 3 is 2.42 bits per heavy atom. The molecule has 4 fully saturated rings. The van der Waals surface area contributed by atoms with Crippen LogP contribution in [0.4, 0.5) is 0 Å². The maximum atomic E-state index is 4.50. The summed E-state index contributed by atoms with van der Waals surface area (Å²) < 4.78 is 0. The molecular weight excluding hydrogens is 312 g/mol. The van der Waals surface area contributed by atoms with Crippen molar-refractivity contribution in [2.24, 2.45) is 40.4 Å². The predicted octanol–water partition coefficient (Wildman–Crippen LogP) is 7.72. The van der Waals surface area contributed by atoms with Gasteiger partial charge < -0.3 is 0 Å². The van der Waals surface area contributed by atoms with Crippen LogP contribution in [0.15, 0.2) is 35.5 Å². The Hall–Kier alpha value is -0.780. The van der Waals surface area contributed by atoms with Crippen molar-refractivity contribution in [1.29, 1.82) is 0 Å². The molecule has 4 saturated carbocycles. The van der Waals surface area contributed by atoms with E-state index in [2.05, 4.69) is 53.3 Å². The van der Waals surface area contributed by atoms with E-state index in [-0.39, 0.29) is 0 Å². The molecule has 26 heavy (non-hydrogen) atoms. The summed E-state index contributed by atoms with van der Waals surface area (Å²) in [6.45, 7) is 16.7. The average molecular weight is 353 g/mol. The summed E-state index contributed by atoms with van der Waals surface area (Å²) in [7, 11) is 0. The van der Waals surface area contributed by atoms with Gasteiger partial charge in [-0.3, -0.25) is 0 Å². The number of fused-ring (bicyclic) bond motifs is 5. The Bertz CT molecular complexity index is 645. The van der Waals surface area contributed by atoms with Crippen LogP contribution in [0.1, 0.15) is 86.0 Å². The molecule has 0 aromatic heterocycles. The van der Waals surface area contributed by atoms with Crippen molar-refractivity contribution in [3.63, 3.8) is 0 Å². The quantitative estimate of drug-likeness (QED) is 0.424. The first-order valence-electron chi connectivity index (χ1n) is 11.3. The van der Waals surface area contributed by atoms with Crippen molar-refractivity contribution in [2.75, 3.05) is 0 Å². The lowest BCUT2D eigenvalue weighted by Crippen LogP contribution is -2.54. The molecule has 4 aliphatic rings. The summed E-state index contributed by atoms with van der Waals surface area (Å²) in [6.07, 6.45) is 16.1. The lowest BCUT2D eigenvalue weighted by atomic mass is 9.43. The van der Waals surface area contributed by atoms with Gasteiger partial charge in [-0.05, 0) is 107 Å². The van der Waals surface area contributed by atoms with Gasteiger partial charge in [0.25, 0.3) is 0 Å². The molecule has 7 atom stereocenters. The lowest BCUT2D eigenvalue weighted by molar-refractivity contribution is -0.0999. The highest BCUT2D eigenvalue weighted by atomic mass is 14.6. The van der Waals surface area contributed by atoms with E-state index in [0.29, 0.717) is 16.7 Å². The molecule has 0 aromatic carbocycles. The molecule has 0 aromatic rings. The van der Waals surface area contributed by atoms with Crippen molar-refractivity contribution in [3.05, 3.63) is 35.5 Å². The van der Waals surface area contributed by atoms with Crippen molar-refractivity contribution < 1.29 is 0 Å². The molecule has 0 saturated heterocycles. The Morgan fingerprint density at radius 1 is 0.962 bits per heavy atom. The number of rotatable bonds is 1. The maximum absolute atomic E-state index is 4.50. The monoisotopic (exact) mass is 352 g/mol. The zero-order valence-electron chi connectivity index (χ0n) is 17.9. The fourth-order valence-electron chi connectivity index (χ4n) is 8.21. The van der Waals surface area contributed by atoms with Crippen molar-refractivity contribution in [3.8, 4) is 0 Å². The summed E-state index contributed by atoms with van der Waals surface area (Å²) >= 11 is 0. The topological polar surface area (TPSA) is 0 Å². The van der Waals surface area contributed by atoms with Gasteiger partial charge in [0.1, 0.15) is 0 Å². The molecule has 0 radical (unpaired) electrons. The Morgan fingerprint density at radius 2 is 1.73 bits per heavy atom. The van der Waals surface area contributed by atoms with Gasteiger partial charge in [-0.2, -0.15) is 0 Å². The van der Waals surface area contributed by atoms with Gasteiger partial charge in [-0.25, -0.2) is 0 Å². The lowest BCUT2D eigenvalue weighted by Gasteiger charge is -2.61. The Labute approximate surface area is 162 Å². The first-order valence-corrected chi connectivity index (χ1v) is 11.3. The fraction of sp³-hybridized carbons (Fsp3) is 0.769. The third kappa shape index (κ3) is 2.46. The van der Waals surface area contributed by atoms with E-state index < -0.39 is 0 Å². The van der Waals surface area contributed by atoms with E-state index in [1.165, 1.54) is 51.4 Å². The highest BCUT2D eigenvalue weighted by molar-refractivity contribution is 5.27. The van der Waals surface area contributed by atoms with Gasteiger partial charge in [-0.1, -0.05) is 49.3 Å². The van der Waals surface area contributed by atoms with Crippen LogP contribution < -0.4 is 0 Å². The Balaban J connectivity index is 1.68. The smallest absolute Gasteiger partial charge is 0.00127 e. The van der Waals surface area contributed by atoms with Gasteiger partial charge in [0, 0.05) is 5.92 Å². The minimum atomic E-state index is 0.465. The molecule has 144 valence electrons. The molecule has 0 N–H and O–H groups in total. The second kappa shape index (κ2) is 6.39. The van der Waals surface area contributed by atoms with Crippen molar-refractivity contribution in [2.45, 2.75) is 86.0 Å². The van der Waals surface area contributed by atoms with Crippen LogP contribution in [0.25, 0.3) is 0 Å². The standard InChI is InChI=1S/C26H40/c1-7-8-20-19(17(2)3)13-15-26(6)22(20)12-10-21-23-11-9-18(4)25(23,5)16-14-24(21)26/h7-8,20-24H,4,9-16H2,1-3,5-6H3. The van der Waals surface area contributed by atoms with Crippen LogP contribution in [0.5, 0.6) is 0 Å². The highest BCUT2D eigenvalue weighted by Gasteiger charge is 2.59. The van der Waals surface area contributed by atoms with Crippen molar-refractivity contribution in [1.82, 2.24) is 0 Å². The minimum Gasteiger partial charge on any atom is -0.0993 e. The molecule has 0 bridgehead atoms. The molecule has 7 unspecified atom stereocenters. The Kier molecular flexibility index (Phi) is 4.56. The van der Waals surface area contributed by atoms with E-state index in [4.69, 9.17) is 0 Å². The first-order chi connectivity index (χ1) is 12.3. The molecule has 4 rings (SSSR count). The minimum absolute atomic E-state index is 0.465. The fourth-order valence-corrected chi connectivity index (χ4v) is 8.21. The van der Waals surface area contributed by atoms with Crippen molar-refractivity contribution >= 4 is 0 Å². The molecule has 0 nitrogen and oxygen atoms in total. The molecule has 0 spiro atoms. The van der Waals surface area contributed by atoms with Gasteiger partial charge in [-0.15, -0.1) is 0 Å². The van der Waals surface area contributed by atoms with Crippen LogP contribution in [0.2, 0.25) is 0 Å². The largest absolute Gasteiger partial charge is 0.0993 e. The summed E-state index contributed by atoms with van der Waals surface area (Å²) in [5.41, 5.74) is 5.94. The average Bonchev–Trinajstić information content (AvgIpc) is 2.90. The molecule has 0 heteroatoms. The summed E-state index contributed by atoms with van der Waals surface area (Å²) in [5.74, 6) is 4.42. The van der Waals surface area contributed by atoms with Gasteiger partial charge in [0.2, 0.25) is 0 Å². The van der Waals surface area contributed by atoms with Crippen LogP contribution in [0.3, 0.4) is 0 Å². The number of hydrogen-bond donors (Lipinski definition) is 0. The van der Waals surface area contributed by atoms with E-state index in [9.17, 15) is 0 Å². The number of allylic oxidation sites excluding steroid dienone is 5. The molecule has 0 heterocycles. The summed E-state index contributed by atoms with van der Waals surface area (Å²) in [4.78, 5) is 0. The van der Waals surface area contributed by atoms with Crippen LogP contribution >= 0.6 is 0 Å². The summed E-state index contributed by atoms with van der Waals surface area (Å²) in [5, 5.41) is 0. The SMILES string of the molecule is C=C1CCC2C3CCC4C(C=CC)C(=C(C)C)CCC4(C)C3CCC12C. The van der Waals surface area contributed by atoms with Gasteiger partial charge >= 0.3 is 0 Å². The molecule has 0 amide bonds. The molecule has 0 aliphatic heterocycles. The van der Waals surface area contributed by atoms with E-state index >= 15 is 0 Å². The van der Waals surface area contributed by atoms with Crippen LogP contribution in [-0.2, 0) is 0 Å². The highest BCUT2D eigenvalue weighted by Crippen LogP contribution is 2.68. The first kappa shape index (κ1) is 18.6.